The quantitative estimate of drug-likeness (QED) is 0.737. The molecule has 0 spiro atoms. The van der Waals surface area contributed by atoms with Crippen LogP contribution >= 0.6 is 0 Å². The van der Waals surface area contributed by atoms with E-state index in [0.717, 1.165) is 6.07 Å². The zero-order valence-electron chi connectivity index (χ0n) is 7.71. The van der Waals surface area contributed by atoms with Crippen LogP contribution in [0.25, 0.3) is 0 Å². The van der Waals surface area contributed by atoms with Gasteiger partial charge in [-0.25, -0.2) is 8.78 Å². The van der Waals surface area contributed by atoms with Gasteiger partial charge < -0.3 is 5.11 Å². The molecule has 0 aliphatic rings. The molecule has 1 unspecified atom stereocenters. The molecule has 1 aromatic carbocycles. The van der Waals surface area contributed by atoms with E-state index in [1.807, 2.05) is 0 Å². The predicted molar refractivity (Wildman–Crippen MR) is 50.9 cm³/mol. The zero-order valence-corrected chi connectivity index (χ0v) is 7.71. The Bertz CT molecular complexity index is 323. The molecule has 76 valence electrons. The molecule has 1 nitrogen and oxygen atoms in total. The number of halogens is 2. The number of rotatable bonds is 4. The van der Waals surface area contributed by atoms with Gasteiger partial charge in [-0.1, -0.05) is 12.1 Å². The van der Waals surface area contributed by atoms with Crippen molar-refractivity contribution in [3.63, 3.8) is 0 Å². The maximum atomic E-state index is 13.1. The van der Waals surface area contributed by atoms with E-state index in [9.17, 15) is 13.9 Å². The van der Waals surface area contributed by atoms with E-state index in [2.05, 4.69) is 6.58 Å². The summed E-state index contributed by atoms with van der Waals surface area (Å²) in [6, 6.07) is 3.34. The predicted octanol–water partition coefficient (Wildman–Crippen LogP) is 2.44. The van der Waals surface area contributed by atoms with E-state index in [0.29, 0.717) is 12.0 Å². The van der Waals surface area contributed by atoms with Gasteiger partial charge in [0.05, 0.1) is 6.10 Å². The van der Waals surface area contributed by atoms with Crippen molar-refractivity contribution in [2.45, 2.75) is 18.9 Å². The molecular formula is C11H12F2O. The van der Waals surface area contributed by atoms with Gasteiger partial charge in [0, 0.05) is 12.5 Å². The summed E-state index contributed by atoms with van der Waals surface area (Å²) in [6.07, 6.45) is 1.48. The van der Waals surface area contributed by atoms with E-state index in [1.54, 1.807) is 6.08 Å². The van der Waals surface area contributed by atoms with Gasteiger partial charge in [-0.3, -0.25) is 0 Å². The standard InChI is InChI=1S/C11H12F2O/c1-2-3-10(14)6-8-4-5-9(12)7-11(8)13/h2,4-5,7,10,14H,1,3,6H2. The molecule has 0 bridgehead atoms. The van der Waals surface area contributed by atoms with Crippen molar-refractivity contribution in [3.8, 4) is 0 Å². The Balaban J connectivity index is 2.71. The molecule has 0 fully saturated rings. The summed E-state index contributed by atoms with van der Waals surface area (Å²) in [5.41, 5.74) is 0.320. The van der Waals surface area contributed by atoms with Gasteiger partial charge in [0.2, 0.25) is 0 Å². The fourth-order valence-corrected chi connectivity index (χ4v) is 1.22. The molecular weight excluding hydrogens is 186 g/mol. The zero-order chi connectivity index (χ0) is 10.6. The Morgan fingerprint density at radius 2 is 2.14 bits per heavy atom. The van der Waals surface area contributed by atoms with Crippen LogP contribution in [0, 0.1) is 11.6 Å². The van der Waals surface area contributed by atoms with E-state index in [4.69, 9.17) is 0 Å². The first-order valence-electron chi connectivity index (χ1n) is 4.36. The molecule has 0 radical (unpaired) electrons. The second-order valence-electron chi connectivity index (χ2n) is 3.12. The Hall–Kier alpha value is -1.22. The summed E-state index contributed by atoms with van der Waals surface area (Å²) in [5, 5.41) is 9.36. The topological polar surface area (TPSA) is 20.2 Å². The summed E-state index contributed by atoms with van der Waals surface area (Å²) >= 11 is 0. The molecule has 1 atom stereocenters. The van der Waals surface area contributed by atoms with Gasteiger partial charge in [0.1, 0.15) is 11.6 Å². The second-order valence-corrected chi connectivity index (χ2v) is 3.12. The fraction of sp³-hybridized carbons (Fsp3) is 0.273. The lowest BCUT2D eigenvalue weighted by Crippen LogP contribution is -2.10. The van der Waals surface area contributed by atoms with Gasteiger partial charge in [0.15, 0.2) is 0 Å². The fourth-order valence-electron chi connectivity index (χ4n) is 1.22. The van der Waals surface area contributed by atoms with Gasteiger partial charge in [-0.15, -0.1) is 6.58 Å². The van der Waals surface area contributed by atoms with E-state index < -0.39 is 17.7 Å². The molecule has 0 aliphatic carbocycles. The van der Waals surface area contributed by atoms with Crippen LogP contribution in [0.2, 0.25) is 0 Å². The molecule has 0 saturated carbocycles. The number of aliphatic hydroxyl groups is 1. The molecule has 0 aromatic heterocycles. The first-order chi connectivity index (χ1) is 6.63. The Morgan fingerprint density at radius 1 is 1.43 bits per heavy atom. The normalized spacial score (nSPS) is 12.5. The Labute approximate surface area is 81.7 Å². The second kappa shape index (κ2) is 4.86. The van der Waals surface area contributed by atoms with Gasteiger partial charge in [-0.05, 0) is 18.1 Å². The number of benzene rings is 1. The van der Waals surface area contributed by atoms with Crippen molar-refractivity contribution in [2.75, 3.05) is 0 Å². The first kappa shape index (κ1) is 10.9. The number of hydrogen-bond acceptors (Lipinski definition) is 1. The van der Waals surface area contributed by atoms with Crippen LogP contribution in [0.4, 0.5) is 8.78 Å². The highest BCUT2D eigenvalue weighted by Crippen LogP contribution is 2.12. The van der Waals surface area contributed by atoms with Crippen LogP contribution in [-0.4, -0.2) is 11.2 Å². The van der Waals surface area contributed by atoms with Gasteiger partial charge in [0.25, 0.3) is 0 Å². The molecule has 0 heterocycles. The van der Waals surface area contributed by atoms with Crippen molar-refractivity contribution < 1.29 is 13.9 Å². The van der Waals surface area contributed by atoms with Crippen LogP contribution in [-0.2, 0) is 6.42 Å². The highest BCUT2D eigenvalue weighted by Gasteiger charge is 2.08. The summed E-state index contributed by atoms with van der Waals surface area (Å²) in [7, 11) is 0. The van der Waals surface area contributed by atoms with Crippen molar-refractivity contribution in [3.05, 3.63) is 48.1 Å². The van der Waals surface area contributed by atoms with Crippen LogP contribution in [0.3, 0.4) is 0 Å². The SMILES string of the molecule is C=CCC(O)Cc1ccc(F)cc1F. The number of aliphatic hydroxyl groups excluding tert-OH is 1. The van der Waals surface area contributed by atoms with Crippen LogP contribution in [0.5, 0.6) is 0 Å². The third-order valence-electron chi connectivity index (χ3n) is 1.91. The molecule has 0 amide bonds. The van der Waals surface area contributed by atoms with E-state index >= 15 is 0 Å². The minimum Gasteiger partial charge on any atom is -0.392 e. The van der Waals surface area contributed by atoms with Gasteiger partial charge in [-0.2, -0.15) is 0 Å². The van der Waals surface area contributed by atoms with Crippen molar-refractivity contribution >= 4 is 0 Å². The van der Waals surface area contributed by atoms with Gasteiger partial charge >= 0.3 is 0 Å². The van der Waals surface area contributed by atoms with Crippen LogP contribution in [0.1, 0.15) is 12.0 Å². The Kier molecular flexibility index (Phi) is 3.77. The summed E-state index contributed by atoms with van der Waals surface area (Å²) in [4.78, 5) is 0. The molecule has 3 heteroatoms. The average molecular weight is 198 g/mol. The minimum atomic E-state index is -0.660. The minimum absolute atomic E-state index is 0.179. The van der Waals surface area contributed by atoms with Crippen LogP contribution < -0.4 is 0 Å². The molecule has 14 heavy (non-hydrogen) atoms. The maximum Gasteiger partial charge on any atom is 0.129 e. The van der Waals surface area contributed by atoms with Crippen molar-refractivity contribution in [2.24, 2.45) is 0 Å². The number of hydrogen-bond donors (Lipinski definition) is 1. The third kappa shape index (κ3) is 2.92. The van der Waals surface area contributed by atoms with Crippen molar-refractivity contribution in [1.29, 1.82) is 0 Å². The summed E-state index contributed by atoms with van der Waals surface area (Å²) in [5.74, 6) is -1.22. The molecule has 1 aromatic rings. The monoisotopic (exact) mass is 198 g/mol. The third-order valence-corrected chi connectivity index (χ3v) is 1.91. The lowest BCUT2D eigenvalue weighted by atomic mass is 10.1. The molecule has 1 rings (SSSR count). The van der Waals surface area contributed by atoms with E-state index in [1.165, 1.54) is 12.1 Å². The highest BCUT2D eigenvalue weighted by atomic mass is 19.1. The largest absolute Gasteiger partial charge is 0.392 e. The van der Waals surface area contributed by atoms with Crippen molar-refractivity contribution in [1.82, 2.24) is 0 Å². The molecule has 0 aliphatic heterocycles. The molecule has 0 saturated heterocycles. The highest BCUT2D eigenvalue weighted by molar-refractivity contribution is 5.19. The lowest BCUT2D eigenvalue weighted by Gasteiger charge is -2.08. The molecule has 1 N–H and O–H groups in total. The Morgan fingerprint density at radius 3 is 2.71 bits per heavy atom. The smallest absolute Gasteiger partial charge is 0.129 e. The van der Waals surface area contributed by atoms with Crippen LogP contribution in [0.15, 0.2) is 30.9 Å². The first-order valence-corrected chi connectivity index (χ1v) is 4.36. The average Bonchev–Trinajstić information content (AvgIpc) is 2.10. The van der Waals surface area contributed by atoms with E-state index in [-0.39, 0.29) is 6.42 Å². The summed E-state index contributed by atoms with van der Waals surface area (Å²) < 4.78 is 25.6. The summed E-state index contributed by atoms with van der Waals surface area (Å²) in [6.45, 7) is 3.47. The lowest BCUT2D eigenvalue weighted by molar-refractivity contribution is 0.177. The maximum absolute atomic E-state index is 13.1.